The van der Waals surface area contributed by atoms with Crippen LogP contribution in [0.25, 0.3) is 17.0 Å². The van der Waals surface area contributed by atoms with E-state index in [1.807, 2.05) is 30.3 Å². The molecule has 18 heavy (non-hydrogen) atoms. The maximum atomic E-state index is 10.9. The summed E-state index contributed by atoms with van der Waals surface area (Å²) in [5, 5.41) is 15.6. The Morgan fingerprint density at radius 2 is 2.06 bits per heavy atom. The van der Waals surface area contributed by atoms with Gasteiger partial charge in [-0.3, -0.25) is 5.10 Å². The summed E-state index contributed by atoms with van der Waals surface area (Å²) < 4.78 is 1.26. The van der Waals surface area contributed by atoms with Gasteiger partial charge in [0.1, 0.15) is 5.69 Å². The van der Waals surface area contributed by atoms with Crippen LogP contribution >= 0.6 is 0 Å². The topological polar surface area (TPSA) is 109 Å². The highest BCUT2D eigenvalue weighted by molar-refractivity contribution is 5.95. The number of nitrogen functional groups attached to an aromatic ring is 1. The number of fused-ring (bicyclic) bond motifs is 1. The molecule has 0 aliphatic carbocycles. The lowest BCUT2D eigenvalue weighted by atomic mass is 10.2. The number of aromatic carboxylic acids is 1. The molecule has 0 saturated heterocycles. The Bertz CT molecular complexity index is 729. The molecule has 0 radical (unpaired) electrons. The van der Waals surface area contributed by atoms with Crippen molar-refractivity contribution in [3.05, 3.63) is 36.0 Å². The summed E-state index contributed by atoms with van der Waals surface area (Å²) in [6.45, 7) is 0. The predicted molar refractivity (Wildman–Crippen MR) is 64.1 cm³/mol. The number of benzene rings is 1. The van der Waals surface area contributed by atoms with E-state index in [1.165, 1.54) is 4.63 Å². The molecule has 0 unspecified atom stereocenters. The van der Waals surface area contributed by atoms with Crippen molar-refractivity contribution >= 4 is 17.3 Å². The summed E-state index contributed by atoms with van der Waals surface area (Å²) in [4.78, 5) is 15.1. The largest absolute Gasteiger partial charge is 0.476 e. The maximum Gasteiger partial charge on any atom is 0.356 e. The molecule has 0 fully saturated rings. The van der Waals surface area contributed by atoms with Crippen molar-refractivity contribution in [2.45, 2.75) is 0 Å². The summed E-state index contributed by atoms with van der Waals surface area (Å²) in [7, 11) is 0. The first kappa shape index (κ1) is 10.3. The molecular weight excluding hydrogens is 234 g/mol. The van der Waals surface area contributed by atoms with Gasteiger partial charge in [0.15, 0.2) is 17.2 Å². The van der Waals surface area contributed by atoms with Gasteiger partial charge in [0.25, 0.3) is 0 Å². The van der Waals surface area contributed by atoms with Crippen LogP contribution in [0.2, 0.25) is 0 Å². The number of anilines is 1. The Morgan fingerprint density at radius 3 is 2.67 bits per heavy atom. The molecule has 0 aliphatic rings. The maximum absolute atomic E-state index is 10.9. The second-order valence-electron chi connectivity index (χ2n) is 3.74. The summed E-state index contributed by atoms with van der Waals surface area (Å²) in [5.41, 5.74) is 6.82. The van der Waals surface area contributed by atoms with Gasteiger partial charge in [0.2, 0.25) is 0 Å². The fourth-order valence-electron chi connectivity index (χ4n) is 1.71. The van der Waals surface area contributed by atoms with Crippen LogP contribution in [0.3, 0.4) is 0 Å². The Hall–Kier alpha value is -2.83. The van der Waals surface area contributed by atoms with E-state index in [1.54, 1.807) is 0 Å². The van der Waals surface area contributed by atoms with Crippen molar-refractivity contribution in [1.29, 1.82) is 0 Å². The van der Waals surface area contributed by atoms with Crippen LogP contribution in [0.15, 0.2) is 30.3 Å². The van der Waals surface area contributed by atoms with Crippen molar-refractivity contribution < 1.29 is 9.90 Å². The minimum absolute atomic E-state index is 0.0807. The van der Waals surface area contributed by atoms with Crippen molar-refractivity contribution in [2.24, 2.45) is 0 Å². The van der Waals surface area contributed by atoms with E-state index in [4.69, 9.17) is 10.8 Å². The third-order valence-corrected chi connectivity index (χ3v) is 2.58. The molecule has 0 spiro atoms. The molecule has 1 aromatic carbocycles. The first-order valence-corrected chi connectivity index (χ1v) is 5.20. The quantitative estimate of drug-likeness (QED) is 0.622. The number of aromatic nitrogens is 4. The molecule has 7 nitrogen and oxygen atoms in total. The zero-order valence-corrected chi connectivity index (χ0v) is 9.16. The van der Waals surface area contributed by atoms with E-state index in [0.717, 1.165) is 5.56 Å². The standard InChI is InChI=1S/C11H9N5O2/c12-7-8(11(17)18)14-16-10(7)13-9(15-16)6-4-2-1-3-5-6/h1-5,14H,12H2,(H,17,18). The van der Waals surface area contributed by atoms with Gasteiger partial charge < -0.3 is 10.8 Å². The number of aromatic amines is 1. The molecule has 90 valence electrons. The predicted octanol–water partition coefficient (Wildman–Crippen LogP) is 1.00. The summed E-state index contributed by atoms with van der Waals surface area (Å²) in [5.74, 6) is -0.647. The van der Waals surface area contributed by atoms with Crippen LogP contribution in [0.1, 0.15) is 10.5 Å². The fourth-order valence-corrected chi connectivity index (χ4v) is 1.71. The number of rotatable bonds is 2. The number of nitrogens with two attached hydrogens (primary N) is 1. The molecule has 0 saturated carbocycles. The van der Waals surface area contributed by atoms with Crippen LogP contribution in [0, 0.1) is 0 Å². The summed E-state index contributed by atoms with van der Waals surface area (Å²) in [6, 6.07) is 9.36. The summed E-state index contributed by atoms with van der Waals surface area (Å²) in [6.07, 6.45) is 0. The van der Waals surface area contributed by atoms with E-state index < -0.39 is 5.97 Å². The number of carboxylic acid groups (broad SMARTS) is 1. The van der Waals surface area contributed by atoms with Crippen LogP contribution in [-0.2, 0) is 0 Å². The smallest absolute Gasteiger partial charge is 0.356 e. The molecule has 2 aromatic heterocycles. The van der Waals surface area contributed by atoms with E-state index in [0.29, 0.717) is 11.5 Å². The minimum atomic E-state index is -1.14. The number of nitrogens with one attached hydrogen (secondary N) is 1. The SMILES string of the molecule is Nc1c(C(=O)O)[nH]n2nc(-c3ccccc3)nc12. The lowest BCUT2D eigenvalue weighted by Crippen LogP contribution is -2.02. The normalized spacial score (nSPS) is 10.9. The first-order valence-electron chi connectivity index (χ1n) is 5.20. The van der Waals surface area contributed by atoms with E-state index in [-0.39, 0.29) is 11.4 Å². The van der Waals surface area contributed by atoms with Crippen LogP contribution in [0.4, 0.5) is 5.69 Å². The van der Waals surface area contributed by atoms with Gasteiger partial charge in [-0.25, -0.2) is 9.78 Å². The number of carbonyl (C=O) groups is 1. The number of hydrogen-bond acceptors (Lipinski definition) is 4. The van der Waals surface area contributed by atoms with Crippen molar-refractivity contribution in [3.63, 3.8) is 0 Å². The molecule has 7 heteroatoms. The Kier molecular flexibility index (Phi) is 2.06. The molecule has 2 heterocycles. The van der Waals surface area contributed by atoms with Crippen LogP contribution in [-0.4, -0.2) is 30.9 Å². The van der Waals surface area contributed by atoms with Crippen molar-refractivity contribution in [2.75, 3.05) is 5.73 Å². The highest BCUT2D eigenvalue weighted by Gasteiger charge is 2.18. The second-order valence-corrected chi connectivity index (χ2v) is 3.74. The number of carboxylic acids is 1. The zero-order chi connectivity index (χ0) is 12.7. The molecule has 3 aromatic rings. The zero-order valence-electron chi connectivity index (χ0n) is 9.16. The van der Waals surface area contributed by atoms with E-state index in [2.05, 4.69) is 15.2 Å². The highest BCUT2D eigenvalue weighted by Crippen LogP contribution is 2.21. The molecule has 3 rings (SSSR count). The Labute approximate surface area is 101 Å². The third-order valence-electron chi connectivity index (χ3n) is 2.58. The Balaban J connectivity index is 2.17. The average Bonchev–Trinajstić information content (AvgIpc) is 2.91. The van der Waals surface area contributed by atoms with E-state index in [9.17, 15) is 4.79 Å². The van der Waals surface area contributed by atoms with Gasteiger partial charge in [0, 0.05) is 5.56 Å². The van der Waals surface area contributed by atoms with Crippen LogP contribution < -0.4 is 5.73 Å². The van der Waals surface area contributed by atoms with Gasteiger partial charge in [-0.1, -0.05) is 30.3 Å². The first-order chi connectivity index (χ1) is 8.66. The molecule has 0 amide bonds. The van der Waals surface area contributed by atoms with E-state index >= 15 is 0 Å². The molecule has 0 bridgehead atoms. The number of nitrogens with zero attached hydrogens (tertiary/aromatic N) is 3. The van der Waals surface area contributed by atoms with Gasteiger partial charge in [-0.05, 0) is 0 Å². The fraction of sp³-hybridized carbons (Fsp3) is 0. The molecular formula is C11H9N5O2. The Morgan fingerprint density at radius 1 is 1.33 bits per heavy atom. The third kappa shape index (κ3) is 1.41. The second kappa shape index (κ2) is 3.59. The van der Waals surface area contributed by atoms with Crippen LogP contribution in [0.5, 0.6) is 0 Å². The van der Waals surface area contributed by atoms with Gasteiger partial charge in [-0.2, -0.15) is 4.63 Å². The highest BCUT2D eigenvalue weighted by atomic mass is 16.4. The number of hydrogen-bond donors (Lipinski definition) is 3. The molecule has 0 atom stereocenters. The van der Waals surface area contributed by atoms with Gasteiger partial charge in [-0.15, -0.1) is 5.10 Å². The minimum Gasteiger partial charge on any atom is -0.476 e. The average molecular weight is 243 g/mol. The summed E-state index contributed by atoms with van der Waals surface area (Å²) >= 11 is 0. The lowest BCUT2D eigenvalue weighted by molar-refractivity contribution is 0.0691. The van der Waals surface area contributed by atoms with Crippen molar-refractivity contribution in [1.82, 2.24) is 19.8 Å². The lowest BCUT2D eigenvalue weighted by Gasteiger charge is -1.93. The van der Waals surface area contributed by atoms with Crippen molar-refractivity contribution in [3.8, 4) is 11.4 Å². The molecule has 0 aliphatic heterocycles. The van der Waals surface area contributed by atoms with Gasteiger partial charge >= 0.3 is 5.97 Å². The monoisotopic (exact) mass is 243 g/mol. The molecule has 4 N–H and O–H groups in total. The van der Waals surface area contributed by atoms with Gasteiger partial charge in [0.05, 0.1) is 0 Å². The number of H-pyrrole nitrogens is 1.